The second kappa shape index (κ2) is 6.37. The van der Waals surface area contributed by atoms with Crippen LogP contribution in [0.3, 0.4) is 0 Å². The number of carbonyl (C=O) groups excluding carboxylic acids is 1. The Morgan fingerprint density at radius 3 is 2.70 bits per heavy atom. The topological polar surface area (TPSA) is 46.3 Å². The van der Waals surface area contributed by atoms with E-state index in [1.165, 1.54) is 12.1 Å². The maximum absolute atomic E-state index is 13.4. The molecule has 0 aliphatic heterocycles. The predicted octanol–water partition coefficient (Wildman–Crippen LogP) is 3.89. The van der Waals surface area contributed by atoms with Gasteiger partial charge in [0.05, 0.1) is 16.0 Å². The lowest BCUT2D eigenvalue weighted by Gasteiger charge is -2.20. The maximum Gasteiger partial charge on any atom is 0.254 e. The van der Waals surface area contributed by atoms with E-state index in [2.05, 4.69) is 15.9 Å². The number of rotatable bonds is 4. The molecule has 0 bridgehead atoms. The van der Waals surface area contributed by atoms with E-state index in [1.807, 2.05) is 19.1 Å². The SMILES string of the molecule is CCN(Cc1ccc(Br)s1)C(=O)c1ccc(N)c(F)c1. The summed E-state index contributed by atoms with van der Waals surface area (Å²) in [6.07, 6.45) is 0. The number of nitrogen functional groups attached to an aromatic ring is 1. The highest BCUT2D eigenvalue weighted by Crippen LogP contribution is 2.24. The van der Waals surface area contributed by atoms with Gasteiger partial charge in [-0.1, -0.05) is 0 Å². The summed E-state index contributed by atoms with van der Waals surface area (Å²) in [7, 11) is 0. The Balaban J connectivity index is 2.18. The lowest BCUT2D eigenvalue weighted by Crippen LogP contribution is -2.30. The van der Waals surface area contributed by atoms with Crippen LogP contribution in [0.1, 0.15) is 22.2 Å². The molecule has 0 aliphatic rings. The van der Waals surface area contributed by atoms with Crippen LogP contribution in [0.2, 0.25) is 0 Å². The number of thiophene rings is 1. The summed E-state index contributed by atoms with van der Waals surface area (Å²) < 4.78 is 14.5. The number of halogens is 2. The van der Waals surface area contributed by atoms with Crippen molar-refractivity contribution in [2.24, 2.45) is 0 Å². The molecule has 0 radical (unpaired) electrons. The van der Waals surface area contributed by atoms with Crippen molar-refractivity contribution in [1.29, 1.82) is 0 Å². The second-order valence-electron chi connectivity index (χ2n) is 4.26. The summed E-state index contributed by atoms with van der Waals surface area (Å²) in [6.45, 7) is 2.96. The minimum absolute atomic E-state index is 0.0479. The molecule has 0 aliphatic carbocycles. The lowest BCUT2D eigenvalue weighted by molar-refractivity contribution is 0.0753. The fourth-order valence-electron chi connectivity index (χ4n) is 1.79. The molecule has 3 nitrogen and oxygen atoms in total. The molecule has 20 heavy (non-hydrogen) atoms. The number of hydrogen-bond donors (Lipinski definition) is 1. The van der Waals surface area contributed by atoms with Gasteiger partial charge < -0.3 is 10.6 Å². The summed E-state index contributed by atoms with van der Waals surface area (Å²) in [4.78, 5) is 15.1. The first-order valence-electron chi connectivity index (χ1n) is 6.09. The van der Waals surface area contributed by atoms with Gasteiger partial charge >= 0.3 is 0 Å². The molecule has 1 heterocycles. The van der Waals surface area contributed by atoms with Gasteiger partial charge in [-0.3, -0.25) is 4.79 Å². The van der Waals surface area contributed by atoms with Crippen molar-refractivity contribution in [3.8, 4) is 0 Å². The van der Waals surface area contributed by atoms with Crippen LogP contribution >= 0.6 is 27.3 Å². The zero-order chi connectivity index (χ0) is 14.7. The average molecular weight is 357 g/mol. The Morgan fingerprint density at radius 2 is 2.15 bits per heavy atom. The van der Waals surface area contributed by atoms with Crippen molar-refractivity contribution in [1.82, 2.24) is 4.90 Å². The molecule has 0 saturated carbocycles. The molecule has 0 spiro atoms. The predicted molar refractivity (Wildman–Crippen MR) is 83.2 cm³/mol. The molecule has 0 fully saturated rings. The van der Waals surface area contributed by atoms with Gasteiger partial charge in [0.25, 0.3) is 5.91 Å². The van der Waals surface area contributed by atoms with Crippen molar-refractivity contribution in [2.75, 3.05) is 12.3 Å². The van der Waals surface area contributed by atoms with Gasteiger partial charge in [0.15, 0.2) is 0 Å². The number of nitrogens with two attached hydrogens (primary N) is 1. The van der Waals surface area contributed by atoms with Crippen LogP contribution in [0, 0.1) is 5.82 Å². The number of carbonyl (C=O) groups is 1. The highest BCUT2D eigenvalue weighted by Gasteiger charge is 2.16. The molecule has 6 heteroatoms. The van der Waals surface area contributed by atoms with E-state index in [0.717, 1.165) is 8.66 Å². The van der Waals surface area contributed by atoms with Gasteiger partial charge in [-0.2, -0.15) is 0 Å². The van der Waals surface area contributed by atoms with Gasteiger partial charge in [-0.05, 0) is 53.2 Å². The molecule has 2 aromatic rings. The largest absolute Gasteiger partial charge is 0.396 e. The average Bonchev–Trinajstić information content (AvgIpc) is 2.84. The zero-order valence-corrected chi connectivity index (χ0v) is 13.3. The van der Waals surface area contributed by atoms with Crippen LogP contribution in [-0.4, -0.2) is 17.4 Å². The molecule has 0 unspecified atom stereocenters. The van der Waals surface area contributed by atoms with E-state index in [0.29, 0.717) is 18.7 Å². The summed E-state index contributed by atoms with van der Waals surface area (Å²) in [6, 6.07) is 8.06. The first-order chi connectivity index (χ1) is 9.51. The molecular formula is C14H14BrFN2OS. The number of amides is 1. The molecule has 0 atom stereocenters. The molecule has 106 valence electrons. The van der Waals surface area contributed by atoms with Crippen LogP contribution < -0.4 is 5.73 Å². The Labute approximate surface area is 129 Å². The fraction of sp³-hybridized carbons (Fsp3) is 0.214. The van der Waals surface area contributed by atoms with Crippen LogP contribution in [0.5, 0.6) is 0 Å². The summed E-state index contributed by atoms with van der Waals surface area (Å²) in [5, 5.41) is 0. The third-order valence-corrected chi connectivity index (χ3v) is 4.50. The number of hydrogen-bond acceptors (Lipinski definition) is 3. The quantitative estimate of drug-likeness (QED) is 0.844. The summed E-state index contributed by atoms with van der Waals surface area (Å²) in [5.41, 5.74) is 5.78. The molecule has 1 aromatic heterocycles. The van der Waals surface area contributed by atoms with Gasteiger partial charge in [-0.15, -0.1) is 11.3 Å². The Bertz CT molecular complexity index is 629. The molecule has 1 amide bonds. The van der Waals surface area contributed by atoms with Crippen LogP contribution in [0.15, 0.2) is 34.1 Å². The lowest BCUT2D eigenvalue weighted by atomic mass is 10.1. The van der Waals surface area contributed by atoms with E-state index < -0.39 is 5.82 Å². The van der Waals surface area contributed by atoms with E-state index >= 15 is 0 Å². The minimum Gasteiger partial charge on any atom is -0.396 e. The van der Waals surface area contributed by atoms with Crippen molar-refractivity contribution >= 4 is 38.9 Å². The third-order valence-electron chi connectivity index (χ3n) is 2.89. The van der Waals surface area contributed by atoms with Gasteiger partial charge in [0.2, 0.25) is 0 Å². The smallest absolute Gasteiger partial charge is 0.254 e. The highest BCUT2D eigenvalue weighted by atomic mass is 79.9. The zero-order valence-electron chi connectivity index (χ0n) is 10.9. The normalized spacial score (nSPS) is 10.6. The summed E-state index contributed by atoms with van der Waals surface area (Å²) >= 11 is 4.97. The van der Waals surface area contributed by atoms with E-state index in [-0.39, 0.29) is 11.6 Å². The van der Waals surface area contributed by atoms with E-state index in [4.69, 9.17) is 5.73 Å². The minimum atomic E-state index is -0.564. The number of anilines is 1. The number of benzene rings is 1. The molecule has 0 saturated heterocycles. The molecule has 2 N–H and O–H groups in total. The second-order valence-corrected chi connectivity index (χ2v) is 6.81. The monoisotopic (exact) mass is 356 g/mol. The van der Waals surface area contributed by atoms with Crippen LogP contribution in [0.4, 0.5) is 10.1 Å². The van der Waals surface area contributed by atoms with Gasteiger partial charge in [0, 0.05) is 17.0 Å². The fourth-order valence-corrected chi connectivity index (χ4v) is 3.29. The highest BCUT2D eigenvalue weighted by molar-refractivity contribution is 9.11. The third kappa shape index (κ3) is 3.37. The molecule has 2 rings (SSSR count). The van der Waals surface area contributed by atoms with Crippen LogP contribution in [0.25, 0.3) is 0 Å². The van der Waals surface area contributed by atoms with Crippen molar-refractivity contribution in [2.45, 2.75) is 13.5 Å². The first kappa shape index (κ1) is 15.0. The van der Waals surface area contributed by atoms with E-state index in [9.17, 15) is 9.18 Å². The van der Waals surface area contributed by atoms with Crippen LogP contribution in [-0.2, 0) is 6.54 Å². The first-order valence-corrected chi connectivity index (χ1v) is 7.70. The Hall–Kier alpha value is -1.40. The molecular weight excluding hydrogens is 343 g/mol. The van der Waals surface area contributed by atoms with Crippen molar-refractivity contribution in [3.05, 3.63) is 50.4 Å². The summed E-state index contributed by atoms with van der Waals surface area (Å²) in [5.74, 6) is -0.762. The van der Waals surface area contributed by atoms with Gasteiger partial charge in [-0.25, -0.2) is 4.39 Å². The number of nitrogens with zero attached hydrogens (tertiary/aromatic N) is 1. The van der Waals surface area contributed by atoms with Crippen molar-refractivity contribution in [3.63, 3.8) is 0 Å². The maximum atomic E-state index is 13.4. The Morgan fingerprint density at radius 1 is 1.40 bits per heavy atom. The molecule has 1 aromatic carbocycles. The van der Waals surface area contributed by atoms with Crippen molar-refractivity contribution < 1.29 is 9.18 Å². The van der Waals surface area contributed by atoms with E-state index in [1.54, 1.807) is 22.3 Å². The Kier molecular flexibility index (Phi) is 4.77. The van der Waals surface area contributed by atoms with Gasteiger partial charge in [0.1, 0.15) is 5.82 Å². The standard InChI is InChI=1S/C14H14BrFN2OS/c1-2-18(8-10-4-6-13(15)20-10)14(19)9-3-5-12(17)11(16)7-9/h3-7H,2,8,17H2,1H3.